The van der Waals surface area contributed by atoms with Crippen LogP contribution in [0.1, 0.15) is 35.7 Å². The number of para-hydroxylation sites is 1. The van der Waals surface area contributed by atoms with Crippen molar-refractivity contribution in [3.05, 3.63) is 29.3 Å². The number of nitrogens with one attached hydrogen (secondary N) is 1. The molecule has 146 valence electrons. The fraction of sp³-hybridized carbons (Fsp3) is 0.471. The Bertz CT molecular complexity index is 717. The summed E-state index contributed by atoms with van der Waals surface area (Å²) < 4.78 is 0. The molecular weight excluding hydrogens is 355 g/mol. The van der Waals surface area contributed by atoms with E-state index in [2.05, 4.69) is 5.32 Å². The molecule has 1 fully saturated rings. The number of carboxylic acids is 1. The van der Waals surface area contributed by atoms with Crippen LogP contribution in [-0.4, -0.2) is 69.1 Å². The minimum Gasteiger partial charge on any atom is -0.507 e. The standard InChI is InChI=1S/C17H23BN2O7/c1-10(21)20-7-5-11(6-8-20)16(23)19-14(18(26)27)9-12-3-2-4-13(15(12)22)17(24)25/h2-4,11,14,22,26-27H,5-9H2,1H3,(H,19,23)(H,24,25). The van der Waals surface area contributed by atoms with E-state index in [-0.39, 0.29) is 35.3 Å². The normalized spacial score (nSPS) is 15.9. The van der Waals surface area contributed by atoms with E-state index in [1.165, 1.54) is 25.1 Å². The van der Waals surface area contributed by atoms with Crippen molar-refractivity contribution in [3.8, 4) is 5.75 Å². The quantitative estimate of drug-likeness (QED) is 0.415. The first-order valence-corrected chi connectivity index (χ1v) is 8.67. The Morgan fingerprint density at radius 1 is 1.26 bits per heavy atom. The van der Waals surface area contributed by atoms with E-state index in [1.54, 1.807) is 4.90 Å². The Morgan fingerprint density at radius 3 is 2.41 bits per heavy atom. The maximum Gasteiger partial charge on any atom is 0.475 e. The van der Waals surface area contributed by atoms with Gasteiger partial charge in [-0.15, -0.1) is 0 Å². The molecule has 1 saturated heterocycles. The largest absolute Gasteiger partial charge is 0.507 e. The van der Waals surface area contributed by atoms with Crippen LogP contribution < -0.4 is 5.32 Å². The number of carboxylic acid groups (broad SMARTS) is 1. The number of benzene rings is 1. The highest BCUT2D eigenvalue weighted by molar-refractivity contribution is 6.43. The number of aromatic carboxylic acids is 1. The monoisotopic (exact) mass is 378 g/mol. The first-order valence-electron chi connectivity index (χ1n) is 8.67. The minimum atomic E-state index is -1.89. The van der Waals surface area contributed by atoms with E-state index in [1.807, 2.05) is 0 Å². The summed E-state index contributed by atoms with van der Waals surface area (Å²) in [4.78, 5) is 36.5. The summed E-state index contributed by atoms with van der Waals surface area (Å²) in [6.07, 6.45) is 0.793. The van der Waals surface area contributed by atoms with Crippen molar-refractivity contribution >= 4 is 24.9 Å². The van der Waals surface area contributed by atoms with Gasteiger partial charge < -0.3 is 30.5 Å². The van der Waals surface area contributed by atoms with Gasteiger partial charge in [0.25, 0.3) is 0 Å². The van der Waals surface area contributed by atoms with Crippen molar-refractivity contribution in [1.29, 1.82) is 0 Å². The van der Waals surface area contributed by atoms with E-state index in [9.17, 15) is 29.5 Å². The molecule has 0 bridgehead atoms. The Morgan fingerprint density at radius 2 is 1.89 bits per heavy atom. The number of nitrogens with zero attached hydrogens (tertiary/aromatic N) is 1. The van der Waals surface area contributed by atoms with Gasteiger partial charge >= 0.3 is 13.1 Å². The van der Waals surface area contributed by atoms with E-state index in [0.717, 1.165) is 0 Å². The SMILES string of the molecule is CC(=O)N1CCC(C(=O)NC(Cc2cccc(C(=O)O)c2O)B(O)O)CC1. The van der Waals surface area contributed by atoms with Gasteiger partial charge in [-0.2, -0.15) is 0 Å². The van der Waals surface area contributed by atoms with E-state index >= 15 is 0 Å². The molecule has 9 nitrogen and oxygen atoms in total. The average Bonchev–Trinajstić information content (AvgIpc) is 2.62. The molecule has 1 aliphatic heterocycles. The highest BCUT2D eigenvalue weighted by atomic mass is 16.4. The molecule has 5 N–H and O–H groups in total. The van der Waals surface area contributed by atoms with Gasteiger partial charge in [0, 0.05) is 25.9 Å². The van der Waals surface area contributed by atoms with Crippen LogP contribution in [-0.2, 0) is 16.0 Å². The summed E-state index contributed by atoms with van der Waals surface area (Å²) in [6.45, 7) is 2.39. The zero-order valence-corrected chi connectivity index (χ0v) is 15.0. The van der Waals surface area contributed by atoms with E-state index in [0.29, 0.717) is 25.9 Å². The number of piperidine rings is 1. The third-order valence-electron chi connectivity index (χ3n) is 4.79. The number of hydrogen-bond donors (Lipinski definition) is 5. The van der Waals surface area contributed by atoms with Gasteiger partial charge in [-0.1, -0.05) is 12.1 Å². The number of rotatable bonds is 6. The van der Waals surface area contributed by atoms with Gasteiger partial charge in [0.15, 0.2) is 0 Å². The van der Waals surface area contributed by atoms with Crippen LogP contribution in [0.5, 0.6) is 5.75 Å². The number of carbonyl (C=O) groups excluding carboxylic acids is 2. The highest BCUT2D eigenvalue weighted by Gasteiger charge is 2.32. The first-order chi connectivity index (χ1) is 12.7. The summed E-state index contributed by atoms with van der Waals surface area (Å²) in [5, 5.41) is 40.9. The number of likely N-dealkylation sites (tertiary alicyclic amines) is 1. The Kier molecular flexibility index (Phi) is 6.81. The van der Waals surface area contributed by atoms with Crippen LogP contribution >= 0.6 is 0 Å². The lowest BCUT2D eigenvalue weighted by Gasteiger charge is -2.31. The highest BCUT2D eigenvalue weighted by Crippen LogP contribution is 2.24. The molecule has 27 heavy (non-hydrogen) atoms. The van der Waals surface area contributed by atoms with Gasteiger partial charge in [0.05, 0.1) is 5.94 Å². The Hall–Kier alpha value is -2.59. The summed E-state index contributed by atoms with van der Waals surface area (Å²) in [5.41, 5.74) is -0.124. The van der Waals surface area contributed by atoms with Gasteiger partial charge in [-0.05, 0) is 30.9 Å². The van der Waals surface area contributed by atoms with Gasteiger partial charge in [-0.3, -0.25) is 9.59 Å². The second-order valence-electron chi connectivity index (χ2n) is 6.63. The molecule has 0 spiro atoms. The van der Waals surface area contributed by atoms with Crippen molar-refractivity contribution in [2.45, 2.75) is 32.1 Å². The van der Waals surface area contributed by atoms with Crippen LogP contribution in [0.3, 0.4) is 0 Å². The van der Waals surface area contributed by atoms with Crippen molar-refractivity contribution < 1.29 is 34.6 Å². The Labute approximate surface area is 156 Å². The molecule has 1 aliphatic rings. The molecule has 1 aromatic rings. The predicted molar refractivity (Wildman–Crippen MR) is 95.9 cm³/mol. The lowest BCUT2D eigenvalue weighted by atomic mass is 9.75. The van der Waals surface area contributed by atoms with Crippen LogP contribution in [0.2, 0.25) is 0 Å². The summed E-state index contributed by atoms with van der Waals surface area (Å²) in [6, 6.07) is 4.11. The maximum absolute atomic E-state index is 12.4. The van der Waals surface area contributed by atoms with Crippen LogP contribution in [0.25, 0.3) is 0 Å². The number of carbonyl (C=O) groups is 3. The topological polar surface area (TPSA) is 147 Å². The molecule has 0 aliphatic carbocycles. The smallest absolute Gasteiger partial charge is 0.475 e. The summed E-state index contributed by atoms with van der Waals surface area (Å²) in [7, 11) is -1.89. The van der Waals surface area contributed by atoms with E-state index < -0.39 is 24.8 Å². The average molecular weight is 378 g/mol. The number of hydrogen-bond acceptors (Lipinski definition) is 6. The van der Waals surface area contributed by atoms with Gasteiger partial charge in [0.1, 0.15) is 11.3 Å². The maximum atomic E-state index is 12.4. The molecule has 1 heterocycles. The summed E-state index contributed by atoms with van der Waals surface area (Å²) >= 11 is 0. The zero-order valence-electron chi connectivity index (χ0n) is 15.0. The lowest BCUT2D eigenvalue weighted by molar-refractivity contribution is -0.134. The first kappa shape index (κ1) is 20.7. The fourth-order valence-electron chi connectivity index (χ4n) is 3.15. The molecule has 1 aromatic carbocycles. The molecule has 1 atom stereocenters. The molecule has 1 unspecified atom stereocenters. The van der Waals surface area contributed by atoms with Crippen molar-refractivity contribution in [1.82, 2.24) is 10.2 Å². The van der Waals surface area contributed by atoms with Crippen molar-refractivity contribution in [2.24, 2.45) is 5.92 Å². The second-order valence-corrected chi connectivity index (χ2v) is 6.63. The molecule has 0 aromatic heterocycles. The third kappa shape index (κ3) is 5.21. The molecule has 0 saturated carbocycles. The second kappa shape index (κ2) is 8.87. The zero-order chi connectivity index (χ0) is 20.1. The fourth-order valence-corrected chi connectivity index (χ4v) is 3.15. The Balaban J connectivity index is 2.04. The summed E-state index contributed by atoms with van der Waals surface area (Å²) in [5.74, 6) is -3.67. The molecule has 10 heteroatoms. The predicted octanol–water partition coefficient (Wildman–Crippen LogP) is -0.612. The van der Waals surface area contributed by atoms with Crippen LogP contribution in [0, 0.1) is 5.92 Å². The number of phenols is 1. The number of aromatic hydroxyl groups is 1. The molecule has 2 amide bonds. The van der Waals surface area contributed by atoms with E-state index in [4.69, 9.17) is 5.11 Å². The molecular formula is C17H23BN2O7. The third-order valence-corrected chi connectivity index (χ3v) is 4.79. The van der Waals surface area contributed by atoms with Crippen molar-refractivity contribution in [3.63, 3.8) is 0 Å². The minimum absolute atomic E-state index is 0.0497. The molecule has 0 radical (unpaired) electrons. The van der Waals surface area contributed by atoms with Gasteiger partial charge in [0.2, 0.25) is 11.8 Å². The van der Waals surface area contributed by atoms with Crippen LogP contribution in [0.15, 0.2) is 18.2 Å². The van der Waals surface area contributed by atoms with Gasteiger partial charge in [-0.25, -0.2) is 4.79 Å². The molecule has 2 rings (SSSR count). The lowest BCUT2D eigenvalue weighted by Crippen LogP contribution is -2.51. The van der Waals surface area contributed by atoms with Crippen molar-refractivity contribution in [2.75, 3.05) is 13.1 Å². The van der Waals surface area contributed by atoms with Crippen LogP contribution in [0.4, 0.5) is 0 Å². The number of amides is 2.